The molecule has 1 aromatic rings. The fourth-order valence-corrected chi connectivity index (χ4v) is 3.12. The summed E-state index contributed by atoms with van der Waals surface area (Å²) >= 11 is 0. The van der Waals surface area contributed by atoms with Gasteiger partial charge in [-0.25, -0.2) is 5.48 Å². The lowest BCUT2D eigenvalue weighted by Crippen LogP contribution is -2.31. The molecule has 1 saturated carbocycles. The first-order valence-corrected chi connectivity index (χ1v) is 8.01. The minimum absolute atomic E-state index is 0.133. The summed E-state index contributed by atoms with van der Waals surface area (Å²) in [6.07, 6.45) is 3.35. The third-order valence-corrected chi connectivity index (χ3v) is 4.26. The molecule has 2 rings (SSSR count). The van der Waals surface area contributed by atoms with Gasteiger partial charge in [0.15, 0.2) is 13.6 Å². The first-order chi connectivity index (χ1) is 11.7. The number of hydrogen-bond acceptors (Lipinski definition) is 6. The highest BCUT2D eigenvalue weighted by molar-refractivity contribution is 5.77. The third kappa shape index (κ3) is 4.83. The van der Waals surface area contributed by atoms with Crippen molar-refractivity contribution in [2.24, 2.45) is 5.92 Å². The molecule has 2 N–H and O–H groups in total. The molecule has 1 aliphatic rings. The molecule has 7 nitrogen and oxygen atoms in total. The second kappa shape index (κ2) is 9.46. The van der Waals surface area contributed by atoms with Gasteiger partial charge in [-0.2, -0.15) is 0 Å². The summed E-state index contributed by atoms with van der Waals surface area (Å²) in [7, 11) is 3.12. The summed E-state index contributed by atoms with van der Waals surface area (Å²) in [6.45, 7) is 0.291. The molecule has 7 heteroatoms. The van der Waals surface area contributed by atoms with Crippen LogP contribution in [0.3, 0.4) is 0 Å². The number of rotatable bonds is 8. The number of nitrogens with one attached hydrogen (secondary N) is 1. The van der Waals surface area contributed by atoms with Gasteiger partial charge in [0.05, 0.1) is 0 Å². The van der Waals surface area contributed by atoms with Crippen molar-refractivity contribution in [2.45, 2.75) is 31.6 Å². The van der Waals surface area contributed by atoms with Crippen LogP contribution in [-0.2, 0) is 14.3 Å². The fourth-order valence-electron chi connectivity index (χ4n) is 3.12. The number of ether oxygens (including phenoxy) is 4. The Morgan fingerprint density at radius 3 is 2.67 bits per heavy atom. The maximum atomic E-state index is 11.7. The number of carbonyl (C=O) groups is 1. The highest BCUT2D eigenvalue weighted by Gasteiger charge is 2.29. The normalized spacial score (nSPS) is 20.5. The molecule has 2 atom stereocenters. The minimum atomic E-state index is -0.320. The Labute approximate surface area is 141 Å². The Morgan fingerprint density at radius 1 is 1.21 bits per heavy atom. The van der Waals surface area contributed by atoms with Crippen LogP contribution >= 0.6 is 0 Å². The molecular formula is C17H25NO6. The van der Waals surface area contributed by atoms with E-state index in [1.165, 1.54) is 0 Å². The molecule has 0 radical (unpaired) electrons. The van der Waals surface area contributed by atoms with Gasteiger partial charge in [-0.15, -0.1) is 0 Å². The second-order valence-corrected chi connectivity index (χ2v) is 5.84. The van der Waals surface area contributed by atoms with Crippen LogP contribution in [0.1, 0.15) is 37.2 Å². The average molecular weight is 339 g/mol. The van der Waals surface area contributed by atoms with E-state index in [2.05, 4.69) is 0 Å². The van der Waals surface area contributed by atoms with Crippen LogP contribution in [0, 0.1) is 5.92 Å². The number of methoxy groups -OCH3 is 2. The van der Waals surface area contributed by atoms with Gasteiger partial charge in [0.2, 0.25) is 5.91 Å². The van der Waals surface area contributed by atoms with Gasteiger partial charge < -0.3 is 18.9 Å². The first-order valence-electron chi connectivity index (χ1n) is 8.01. The van der Waals surface area contributed by atoms with Crippen molar-refractivity contribution >= 4 is 5.91 Å². The van der Waals surface area contributed by atoms with Gasteiger partial charge in [-0.05, 0) is 36.8 Å². The van der Waals surface area contributed by atoms with E-state index in [1.807, 2.05) is 18.2 Å². The number of amides is 1. The zero-order chi connectivity index (χ0) is 17.4. The summed E-state index contributed by atoms with van der Waals surface area (Å²) in [4.78, 5) is 11.7. The number of hydroxylamine groups is 1. The standard InChI is InChI=1S/C17H25NO6/c1-21-10-23-14-6-7-15(16(9-14)24-11-22-2)12-4-3-5-13(8-12)17(19)18-20/h6-7,9,12-13,20H,3-5,8,10-11H2,1-2H3,(H,18,19). The van der Waals surface area contributed by atoms with Crippen LogP contribution in [0.15, 0.2) is 18.2 Å². The molecule has 1 aliphatic carbocycles. The largest absolute Gasteiger partial charge is 0.467 e. The van der Waals surface area contributed by atoms with E-state index in [9.17, 15) is 4.79 Å². The molecule has 1 fully saturated rings. The molecule has 1 aromatic carbocycles. The fraction of sp³-hybridized carbons (Fsp3) is 0.588. The summed E-state index contributed by atoms with van der Waals surface area (Å²) in [5.41, 5.74) is 2.78. The van der Waals surface area contributed by atoms with Gasteiger partial charge in [0.25, 0.3) is 0 Å². The van der Waals surface area contributed by atoms with Crippen molar-refractivity contribution in [1.29, 1.82) is 0 Å². The van der Waals surface area contributed by atoms with Crippen LogP contribution in [0.25, 0.3) is 0 Å². The Balaban J connectivity index is 2.18. The van der Waals surface area contributed by atoms with Crippen molar-refractivity contribution in [3.63, 3.8) is 0 Å². The zero-order valence-electron chi connectivity index (χ0n) is 14.1. The van der Waals surface area contributed by atoms with E-state index < -0.39 is 0 Å². The molecule has 0 saturated heterocycles. The number of carbonyl (C=O) groups excluding carboxylic acids is 1. The van der Waals surface area contributed by atoms with Crippen LogP contribution < -0.4 is 15.0 Å². The molecule has 134 valence electrons. The highest BCUT2D eigenvalue weighted by Crippen LogP contribution is 2.41. The van der Waals surface area contributed by atoms with E-state index in [1.54, 1.807) is 19.7 Å². The lowest BCUT2D eigenvalue weighted by Gasteiger charge is -2.29. The molecule has 1 amide bonds. The van der Waals surface area contributed by atoms with Crippen LogP contribution in [0.4, 0.5) is 0 Å². The maximum absolute atomic E-state index is 11.7. The molecule has 2 unspecified atom stereocenters. The number of benzene rings is 1. The topological polar surface area (TPSA) is 86.3 Å². The Kier molecular flexibility index (Phi) is 7.30. The van der Waals surface area contributed by atoms with Crippen molar-refractivity contribution in [2.75, 3.05) is 27.8 Å². The Hall–Kier alpha value is -1.83. The predicted octanol–water partition coefficient (Wildman–Crippen LogP) is 2.43. The lowest BCUT2D eigenvalue weighted by molar-refractivity contribution is -0.134. The maximum Gasteiger partial charge on any atom is 0.246 e. The molecular weight excluding hydrogens is 314 g/mol. The van der Waals surface area contributed by atoms with Crippen LogP contribution in [0.2, 0.25) is 0 Å². The summed E-state index contributed by atoms with van der Waals surface area (Å²) in [6, 6.07) is 5.63. The van der Waals surface area contributed by atoms with Crippen LogP contribution in [-0.4, -0.2) is 38.9 Å². The third-order valence-electron chi connectivity index (χ3n) is 4.26. The van der Waals surface area contributed by atoms with Crippen molar-refractivity contribution < 1.29 is 28.9 Å². The van der Waals surface area contributed by atoms with Crippen molar-refractivity contribution in [3.05, 3.63) is 23.8 Å². The lowest BCUT2D eigenvalue weighted by atomic mass is 9.77. The molecule has 0 spiro atoms. The Morgan fingerprint density at radius 2 is 1.96 bits per heavy atom. The Bertz CT molecular complexity index is 536. The smallest absolute Gasteiger partial charge is 0.246 e. The van der Waals surface area contributed by atoms with Gasteiger partial charge in [-0.1, -0.05) is 12.5 Å². The van der Waals surface area contributed by atoms with E-state index in [4.69, 9.17) is 24.2 Å². The van der Waals surface area contributed by atoms with Crippen molar-refractivity contribution in [3.8, 4) is 11.5 Å². The average Bonchev–Trinajstić information content (AvgIpc) is 2.64. The van der Waals surface area contributed by atoms with Gasteiger partial charge in [-0.3, -0.25) is 10.0 Å². The summed E-state index contributed by atoms with van der Waals surface area (Å²) in [5, 5.41) is 8.86. The zero-order valence-corrected chi connectivity index (χ0v) is 14.1. The molecule has 0 heterocycles. The van der Waals surface area contributed by atoms with Gasteiger partial charge in [0.1, 0.15) is 11.5 Å². The molecule has 24 heavy (non-hydrogen) atoms. The quantitative estimate of drug-likeness (QED) is 0.430. The van der Waals surface area contributed by atoms with E-state index in [-0.39, 0.29) is 31.3 Å². The van der Waals surface area contributed by atoms with E-state index >= 15 is 0 Å². The summed E-state index contributed by atoms with van der Waals surface area (Å²) < 4.78 is 21.1. The van der Waals surface area contributed by atoms with Gasteiger partial charge in [0, 0.05) is 26.2 Å². The monoisotopic (exact) mass is 339 g/mol. The number of hydrogen-bond donors (Lipinski definition) is 2. The van der Waals surface area contributed by atoms with E-state index in [0.717, 1.165) is 24.8 Å². The van der Waals surface area contributed by atoms with Crippen LogP contribution in [0.5, 0.6) is 11.5 Å². The van der Waals surface area contributed by atoms with E-state index in [0.29, 0.717) is 17.9 Å². The molecule has 0 aromatic heterocycles. The summed E-state index contributed by atoms with van der Waals surface area (Å²) in [5.74, 6) is 1.00. The molecule has 0 bridgehead atoms. The van der Waals surface area contributed by atoms with Crippen molar-refractivity contribution in [1.82, 2.24) is 5.48 Å². The minimum Gasteiger partial charge on any atom is -0.467 e. The highest BCUT2D eigenvalue weighted by atomic mass is 16.7. The van der Waals surface area contributed by atoms with Gasteiger partial charge >= 0.3 is 0 Å². The SMILES string of the molecule is COCOc1ccc(C2CCCC(C(=O)NO)C2)c(OCOC)c1. The second-order valence-electron chi connectivity index (χ2n) is 5.84. The predicted molar refractivity (Wildman–Crippen MR) is 86.1 cm³/mol. The first kappa shape index (κ1) is 18.5. The molecule has 0 aliphatic heterocycles.